The van der Waals surface area contributed by atoms with Gasteiger partial charge in [-0.2, -0.15) is 26.3 Å². The van der Waals surface area contributed by atoms with Crippen LogP contribution in [0.4, 0.5) is 26.3 Å². The van der Waals surface area contributed by atoms with Crippen molar-refractivity contribution >= 4 is 0 Å². The summed E-state index contributed by atoms with van der Waals surface area (Å²) in [6, 6.07) is -1.04. The fourth-order valence-electron chi connectivity index (χ4n) is 0.857. The summed E-state index contributed by atoms with van der Waals surface area (Å²) in [5.74, 6) is 0. The maximum Gasteiger partial charge on any atom is 0.423 e. The lowest BCUT2D eigenvalue weighted by atomic mass is 10.3. The molecule has 98 valence electrons. The number of hydrogen-bond acceptors (Lipinski definition) is 3. The van der Waals surface area contributed by atoms with E-state index in [-0.39, 0.29) is 6.61 Å². The van der Waals surface area contributed by atoms with Crippen LogP contribution in [-0.2, 0) is 9.47 Å². The lowest BCUT2D eigenvalue weighted by molar-refractivity contribution is -0.322. The fraction of sp³-hybridized carbons (Fsp3) is 1.00. The van der Waals surface area contributed by atoms with E-state index in [2.05, 4.69) is 9.47 Å². The first kappa shape index (κ1) is 15.5. The summed E-state index contributed by atoms with van der Waals surface area (Å²) in [7, 11) is 1.21. The van der Waals surface area contributed by atoms with Gasteiger partial charge in [-0.25, -0.2) is 0 Å². The molecule has 3 nitrogen and oxygen atoms in total. The second-order valence-corrected chi connectivity index (χ2v) is 3.01. The van der Waals surface area contributed by atoms with Crippen LogP contribution in [0.5, 0.6) is 0 Å². The Labute approximate surface area is 87.5 Å². The van der Waals surface area contributed by atoms with Crippen molar-refractivity contribution in [2.24, 2.45) is 5.73 Å². The van der Waals surface area contributed by atoms with Crippen molar-refractivity contribution in [1.82, 2.24) is 0 Å². The third-order valence-corrected chi connectivity index (χ3v) is 1.45. The SMILES string of the molecule is COCC(N)COC(C(F)(F)F)C(F)(F)F. The molecule has 0 amide bonds. The van der Waals surface area contributed by atoms with Gasteiger partial charge < -0.3 is 15.2 Å². The summed E-state index contributed by atoms with van der Waals surface area (Å²) in [5.41, 5.74) is 5.13. The average Bonchev–Trinajstić information content (AvgIpc) is 1.99. The number of methoxy groups -OCH3 is 1. The molecule has 16 heavy (non-hydrogen) atoms. The fourth-order valence-corrected chi connectivity index (χ4v) is 0.857. The van der Waals surface area contributed by atoms with Crippen LogP contribution in [-0.4, -0.2) is 44.8 Å². The quantitative estimate of drug-likeness (QED) is 0.756. The van der Waals surface area contributed by atoms with Gasteiger partial charge in [-0.1, -0.05) is 0 Å². The number of halogens is 6. The third-order valence-electron chi connectivity index (χ3n) is 1.45. The molecule has 0 aliphatic rings. The van der Waals surface area contributed by atoms with Crippen LogP contribution >= 0.6 is 0 Å². The predicted octanol–water partition coefficient (Wildman–Crippen LogP) is 1.47. The van der Waals surface area contributed by atoms with E-state index in [0.29, 0.717) is 0 Å². The lowest BCUT2D eigenvalue weighted by Crippen LogP contribution is -2.46. The molecular weight excluding hydrogens is 244 g/mol. The number of alkyl halides is 6. The minimum absolute atomic E-state index is 0.192. The van der Waals surface area contributed by atoms with Gasteiger partial charge in [0.15, 0.2) is 0 Å². The highest BCUT2D eigenvalue weighted by Gasteiger charge is 2.58. The molecule has 1 atom stereocenters. The summed E-state index contributed by atoms with van der Waals surface area (Å²) in [4.78, 5) is 0. The maximum atomic E-state index is 11.9. The summed E-state index contributed by atoms with van der Waals surface area (Å²) in [6.45, 7) is -1.08. The Hall–Kier alpha value is -0.540. The van der Waals surface area contributed by atoms with Gasteiger partial charge in [-0.3, -0.25) is 0 Å². The summed E-state index contributed by atoms with van der Waals surface area (Å²) >= 11 is 0. The molecule has 0 aliphatic carbocycles. The Balaban J connectivity index is 4.36. The molecule has 0 rings (SSSR count). The third kappa shape index (κ3) is 5.52. The first-order valence-electron chi connectivity index (χ1n) is 4.08. The van der Waals surface area contributed by atoms with E-state index >= 15 is 0 Å². The van der Waals surface area contributed by atoms with Crippen molar-refractivity contribution in [2.75, 3.05) is 20.3 Å². The first-order chi connectivity index (χ1) is 7.09. The van der Waals surface area contributed by atoms with Gasteiger partial charge in [0.25, 0.3) is 0 Å². The monoisotopic (exact) mass is 255 g/mol. The van der Waals surface area contributed by atoms with Crippen LogP contribution in [0.25, 0.3) is 0 Å². The molecule has 1 unspecified atom stereocenters. The lowest BCUT2D eigenvalue weighted by Gasteiger charge is -2.24. The Morgan fingerprint density at radius 2 is 1.44 bits per heavy atom. The molecule has 2 N–H and O–H groups in total. The molecule has 0 aromatic rings. The molecule has 0 saturated heterocycles. The van der Waals surface area contributed by atoms with Crippen LogP contribution in [0, 0.1) is 0 Å². The average molecular weight is 255 g/mol. The van der Waals surface area contributed by atoms with Crippen molar-refractivity contribution in [3.8, 4) is 0 Å². The molecule has 0 aromatic heterocycles. The highest BCUT2D eigenvalue weighted by molar-refractivity contribution is 4.77. The molecule has 0 saturated carbocycles. The Kier molecular flexibility index (Phi) is 5.50. The Morgan fingerprint density at radius 1 is 1.00 bits per heavy atom. The van der Waals surface area contributed by atoms with E-state index in [0.717, 1.165) is 0 Å². The standard InChI is InChI=1S/C7H11F6NO2/c1-15-2-4(14)3-16-5(6(8,9)10)7(11,12)13/h4-5H,2-3,14H2,1H3. The molecule has 0 spiro atoms. The van der Waals surface area contributed by atoms with Crippen molar-refractivity contribution < 1.29 is 35.8 Å². The highest BCUT2D eigenvalue weighted by Crippen LogP contribution is 2.35. The van der Waals surface area contributed by atoms with Crippen molar-refractivity contribution in [1.29, 1.82) is 0 Å². The zero-order chi connectivity index (χ0) is 13.0. The van der Waals surface area contributed by atoms with Crippen LogP contribution in [0.3, 0.4) is 0 Å². The van der Waals surface area contributed by atoms with Crippen LogP contribution < -0.4 is 5.73 Å². The normalized spacial score (nSPS) is 15.6. The largest absolute Gasteiger partial charge is 0.423 e. The number of hydrogen-bond donors (Lipinski definition) is 1. The second-order valence-electron chi connectivity index (χ2n) is 3.01. The topological polar surface area (TPSA) is 44.5 Å². The van der Waals surface area contributed by atoms with E-state index in [9.17, 15) is 26.3 Å². The van der Waals surface area contributed by atoms with E-state index in [1.165, 1.54) is 7.11 Å². The van der Waals surface area contributed by atoms with Gasteiger partial charge in [-0.05, 0) is 0 Å². The van der Waals surface area contributed by atoms with Gasteiger partial charge in [0, 0.05) is 7.11 Å². The highest BCUT2D eigenvalue weighted by atomic mass is 19.4. The van der Waals surface area contributed by atoms with Crippen LogP contribution in [0.2, 0.25) is 0 Å². The van der Waals surface area contributed by atoms with E-state index < -0.39 is 31.1 Å². The maximum absolute atomic E-state index is 11.9. The molecule has 9 heteroatoms. The Bertz CT molecular complexity index is 190. The summed E-state index contributed by atoms with van der Waals surface area (Å²) < 4.78 is 79.8. The van der Waals surface area contributed by atoms with E-state index in [4.69, 9.17) is 5.73 Å². The van der Waals surface area contributed by atoms with Crippen LogP contribution in [0.15, 0.2) is 0 Å². The molecule has 0 heterocycles. The van der Waals surface area contributed by atoms with Crippen molar-refractivity contribution in [3.05, 3.63) is 0 Å². The smallest absolute Gasteiger partial charge is 0.383 e. The zero-order valence-electron chi connectivity index (χ0n) is 8.23. The minimum atomic E-state index is -5.51. The molecule has 0 bridgehead atoms. The van der Waals surface area contributed by atoms with Gasteiger partial charge in [0.2, 0.25) is 6.10 Å². The van der Waals surface area contributed by atoms with E-state index in [1.54, 1.807) is 0 Å². The minimum Gasteiger partial charge on any atom is -0.383 e. The number of rotatable bonds is 5. The number of nitrogens with two attached hydrogens (primary N) is 1. The van der Waals surface area contributed by atoms with Gasteiger partial charge in [-0.15, -0.1) is 0 Å². The predicted molar refractivity (Wildman–Crippen MR) is 41.7 cm³/mol. The number of ether oxygens (including phenoxy) is 2. The first-order valence-corrected chi connectivity index (χ1v) is 4.08. The second kappa shape index (κ2) is 5.69. The summed E-state index contributed by atoms with van der Waals surface area (Å²) in [6.07, 6.45) is -14.8. The van der Waals surface area contributed by atoms with Gasteiger partial charge in [0.05, 0.1) is 19.3 Å². The molecule has 0 aromatic carbocycles. The molecular formula is C7H11F6NO2. The Morgan fingerprint density at radius 3 is 1.75 bits per heavy atom. The van der Waals surface area contributed by atoms with Crippen molar-refractivity contribution in [3.63, 3.8) is 0 Å². The van der Waals surface area contributed by atoms with E-state index in [1.807, 2.05) is 0 Å². The molecule has 0 aliphatic heterocycles. The summed E-state index contributed by atoms with van der Waals surface area (Å²) in [5, 5.41) is 0. The van der Waals surface area contributed by atoms with Crippen molar-refractivity contribution in [2.45, 2.75) is 24.5 Å². The molecule has 0 fully saturated rings. The molecule has 0 radical (unpaired) electrons. The zero-order valence-corrected chi connectivity index (χ0v) is 8.23. The van der Waals surface area contributed by atoms with Gasteiger partial charge >= 0.3 is 12.4 Å². The van der Waals surface area contributed by atoms with Gasteiger partial charge in [0.1, 0.15) is 0 Å². The van der Waals surface area contributed by atoms with Crippen LogP contribution in [0.1, 0.15) is 0 Å².